The maximum Gasteiger partial charge on any atom is 0.278 e. The molecule has 5 rings (SSSR count). The molecule has 2 aliphatic rings. The summed E-state index contributed by atoms with van der Waals surface area (Å²) in [5, 5.41) is 39.0. The maximum absolute atomic E-state index is 11.5. The summed E-state index contributed by atoms with van der Waals surface area (Å²) >= 11 is 1.10. The largest absolute Gasteiger partial charge is 0.394 e. The van der Waals surface area contributed by atoms with Crippen molar-refractivity contribution in [1.29, 1.82) is 0 Å². The Kier molecular flexibility index (Phi) is 7.32. The molecule has 184 valence electrons. The summed E-state index contributed by atoms with van der Waals surface area (Å²) in [5.41, 5.74) is 5.70. The van der Waals surface area contributed by atoms with Crippen LogP contribution in [0.4, 0.5) is 0 Å². The van der Waals surface area contributed by atoms with E-state index in [9.17, 15) is 19.8 Å². The van der Waals surface area contributed by atoms with Crippen LogP contribution in [0.1, 0.15) is 40.7 Å². The van der Waals surface area contributed by atoms with Gasteiger partial charge >= 0.3 is 0 Å². The lowest BCUT2D eigenvalue weighted by atomic mass is 10.1. The summed E-state index contributed by atoms with van der Waals surface area (Å²) in [7, 11) is 0. The van der Waals surface area contributed by atoms with Gasteiger partial charge in [-0.1, -0.05) is 0 Å². The zero-order valence-corrected chi connectivity index (χ0v) is 18.5. The molecule has 5 heterocycles. The van der Waals surface area contributed by atoms with Crippen molar-refractivity contribution in [2.24, 2.45) is 5.73 Å². The van der Waals surface area contributed by atoms with Gasteiger partial charge in [0.05, 0.1) is 32.0 Å². The van der Waals surface area contributed by atoms with Gasteiger partial charge in [-0.3, -0.25) is 14.2 Å². The number of primary amides is 1. The van der Waals surface area contributed by atoms with Crippen LogP contribution in [0, 0.1) is 0 Å². The summed E-state index contributed by atoms with van der Waals surface area (Å²) in [6, 6.07) is 0. The number of imidazole rings is 1. The fourth-order valence-corrected chi connectivity index (χ4v) is 4.62. The van der Waals surface area contributed by atoms with Gasteiger partial charge in [-0.25, -0.2) is 15.0 Å². The van der Waals surface area contributed by atoms with E-state index >= 15 is 0 Å². The first-order chi connectivity index (χ1) is 16.3. The molecule has 7 N–H and O–H groups in total. The van der Waals surface area contributed by atoms with E-state index in [1.807, 2.05) is 0 Å². The van der Waals surface area contributed by atoms with Crippen LogP contribution in [-0.2, 0) is 9.47 Å². The van der Waals surface area contributed by atoms with Gasteiger partial charge in [0, 0.05) is 5.38 Å². The molecule has 14 nitrogen and oxygen atoms in total. The summed E-state index contributed by atoms with van der Waals surface area (Å²) in [5.74, 6) is -0.667. The third-order valence-corrected chi connectivity index (χ3v) is 6.43. The second-order valence-corrected chi connectivity index (χ2v) is 8.61. The van der Waals surface area contributed by atoms with Gasteiger partial charge in [-0.15, -0.1) is 11.3 Å². The number of carbonyl (C=O) groups excluding carboxylic acids is 1. The molecule has 2 aliphatic heterocycles. The van der Waals surface area contributed by atoms with E-state index < -0.39 is 36.9 Å². The summed E-state index contributed by atoms with van der Waals surface area (Å²) < 4.78 is 12.6. The fraction of sp³-hybridized carbons (Fsp3) is 0.526. The van der Waals surface area contributed by atoms with Gasteiger partial charge in [0.15, 0.2) is 11.2 Å². The quantitative estimate of drug-likeness (QED) is 0.231. The second kappa shape index (κ2) is 10.2. The third kappa shape index (κ3) is 4.72. The molecule has 15 heteroatoms. The first kappa shape index (κ1) is 24.3. The lowest BCUT2D eigenvalue weighted by molar-refractivity contribution is -0.0228. The molecule has 0 bridgehead atoms. The number of amides is 1. The summed E-state index contributed by atoms with van der Waals surface area (Å²) in [6.45, 7) is -0.389. The van der Waals surface area contributed by atoms with Crippen molar-refractivity contribution in [2.45, 2.75) is 49.6 Å². The molecule has 2 saturated heterocycles. The Bertz CT molecular complexity index is 1200. The molecule has 34 heavy (non-hydrogen) atoms. The first-order valence-electron chi connectivity index (χ1n) is 10.4. The molecular formula is C19H24N6O8S. The topological polar surface area (TPSA) is 219 Å². The van der Waals surface area contributed by atoms with Gasteiger partial charge in [0.1, 0.15) is 41.3 Å². The van der Waals surface area contributed by atoms with Gasteiger partial charge in [0.25, 0.3) is 11.5 Å². The van der Waals surface area contributed by atoms with Crippen LogP contribution in [0.3, 0.4) is 0 Å². The van der Waals surface area contributed by atoms with E-state index in [-0.39, 0.29) is 30.2 Å². The van der Waals surface area contributed by atoms with E-state index in [2.05, 4.69) is 19.9 Å². The van der Waals surface area contributed by atoms with Gasteiger partial charge in [-0.05, 0) is 12.8 Å². The van der Waals surface area contributed by atoms with Crippen molar-refractivity contribution in [1.82, 2.24) is 24.5 Å². The molecule has 0 saturated carbocycles. The molecule has 1 amide bonds. The SMILES string of the molecule is NC(=O)c1csc([C@H]2O[C@@H](CO)[C@H](O)[C@@H]2O)n1.O=c1[nH]cnc2c1ncn2[C@H]1CC[C@@H](CO)O1. The van der Waals surface area contributed by atoms with Crippen molar-refractivity contribution in [3.8, 4) is 0 Å². The highest BCUT2D eigenvalue weighted by Crippen LogP contribution is 2.35. The predicted octanol–water partition coefficient (Wildman–Crippen LogP) is -1.81. The minimum Gasteiger partial charge on any atom is -0.394 e. The van der Waals surface area contributed by atoms with Crippen LogP contribution in [0.5, 0.6) is 0 Å². The molecule has 0 spiro atoms. The molecule has 3 aromatic rings. The van der Waals surface area contributed by atoms with E-state index in [0.717, 1.165) is 24.2 Å². The zero-order chi connectivity index (χ0) is 24.4. The van der Waals surface area contributed by atoms with E-state index in [4.69, 9.17) is 25.4 Å². The van der Waals surface area contributed by atoms with Crippen LogP contribution in [0.25, 0.3) is 11.2 Å². The number of thiazole rings is 1. The molecule has 0 aromatic carbocycles. The van der Waals surface area contributed by atoms with Crippen LogP contribution < -0.4 is 11.3 Å². The highest BCUT2D eigenvalue weighted by Gasteiger charge is 2.44. The summed E-state index contributed by atoms with van der Waals surface area (Å²) in [4.78, 5) is 36.9. The van der Waals surface area contributed by atoms with Gasteiger partial charge < -0.3 is 40.6 Å². The van der Waals surface area contributed by atoms with Crippen molar-refractivity contribution in [2.75, 3.05) is 13.2 Å². The molecule has 0 unspecified atom stereocenters. The number of aromatic nitrogens is 5. The van der Waals surface area contributed by atoms with Crippen molar-refractivity contribution in [3.05, 3.63) is 39.1 Å². The van der Waals surface area contributed by atoms with E-state index in [1.54, 1.807) is 10.9 Å². The van der Waals surface area contributed by atoms with Crippen molar-refractivity contribution < 1.29 is 34.7 Å². The van der Waals surface area contributed by atoms with Crippen LogP contribution in [0.15, 0.2) is 22.8 Å². The summed E-state index contributed by atoms with van der Waals surface area (Å²) in [6.07, 6.45) is 0.0837. The standard InChI is InChI=1S/C10H12N4O3.C9H12N2O5S/c15-3-6-1-2-7(17-6)14-5-13-8-9(14)11-4-12-10(8)16;10-8(15)3-2-17-9(11-3)7-6(14)5(13)4(1-12)16-7/h4-7,15H,1-3H2,(H,11,12,16);2,4-7,12-14H,1H2,(H2,10,15)/t6-,7+;4-,5-,6-,7-/m00/s1. The number of nitrogens with one attached hydrogen (secondary N) is 1. The number of ether oxygens (including phenoxy) is 2. The van der Waals surface area contributed by atoms with Crippen LogP contribution in [0.2, 0.25) is 0 Å². The average Bonchev–Trinajstić information content (AvgIpc) is 3.61. The Hall–Kier alpha value is -2.79. The Labute approximate surface area is 195 Å². The Morgan fingerprint density at radius 1 is 1.21 bits per heavy atom. The average molecular weight is 497 g/mol. The maximum atomic E-state index is 11.5. The number of nitrogens with zero attached hydrogens (tertiary/aromatic N) is 4. The fourth-order valence-electron chi connectivity index (χ4n) is 3.73. The molecule has 0 aliphatic carbocycles. The Morgan fingerprint density at radius 2 is 2.00 bits per heavy atom. The van der Waals surface area contributed by atoms with E-state index in [0.29, 0.717) is 16.2 Å². The lowest BCUT2D eigenvalue weighted by Crippen LogP contribution is -2.32. The highest BCUT2D eigenvalue weighted by atomic mass is 32.1. The number of nitrogens with two attached hydrogens (primary N) is 1. The third-order valence-electron chi connectivity index (χ3n) is 5.52. The van der Waals surface area contributed by atoms with Crippen LogP contribution in [-0.4, -0.2) is 88.5 Å². The molecule has 3 aromatic heterocycles. The number of fused-ring (bicyclic) bond motifs is 1. The number of aromatic amines is 1. The van der Waals surface area contributed by atoms with Gasteiger partial charge in [-0.2, -0.15) is 0 Å². The predicted molar refractivity (Wildman–Crippen MR) is 116 cm³/mol. The van der Waals surface area contributed by atoms with Crippen molar-refractivity contribution in [3.63, 3.8) is 0 Å². The minimum atomic E-state index is -1.18. The number of aliphatic hydroxyl groups is 4. The number of H-pyrrole nitrogens is 1. The smallest absolute Gasteiger partial charge is 0.278 e. The molecular weight excluding hydrogens is 472 g/mol. The number of hydrogen-bond acceptors (Lipinski definition) is 12. The first-order valence-corrected chi connectivity index (χ1v) is 11.3. The Balaban J connectivity index is 0.000000161. The molecule has 2 fully saturated rings. The van der Waals surface area contributed by atoms with Gasteiger partial charge in [0.2, 0.25) is 0 Å². The number of rotatable bonds is 5. The van der Waals surface area contributed by atoms with Crippen LogP contribution >= 0.6 is 11.3 Å². The Morgan fingerprint density at radius 3 is 2.62 bits per heavy atom. The second-order valence-electron chi connectivity index (χ2n) is 7.72. The lowest BCUT2D eigenvalue weighted by Gasteiger charge is -2.13. The minimum absolute atomic E-state index is 0.0111. The highest BCUT2D eigenvalue weighted by molar-refractivity contribution is 7.09. The van der Waals surface area contributed by atoms with Crippen molar-refractivity contribution >= 4 is 28.4 Å². The monoisotopic (exact) mass is 496 g/mol. The molecule has 0 radical (unpaired) electrons. The number of aliphatic hydroxyl groups excluding tert-OH is 4. The number of hydrogen-bond donors (Lipinski definition) is 6. The molecule has 6 atom stereocenters. The zero-order valence-electron chi connectivity index (χ0n) is 17.7. The van der Waals surface area contributed by atoms with E-state index in [1.165, 1.54) is 11.7 Å². The number of carbonyl (C=O) groups is 1. The normalized spacial score (nSPS) is 28.7.